The van der Waals surface area contributed by atoms with Crippen LogP contribution < -0.4 is 10.9 Å². The number of aryl methyl sites for hydroxylation is 1. The number of nitrogens with one attached hydrogen (secondary N) is 1. The largest absolute Gasteiger partial charge is 0.360 e. The summed E-state index contributed by atoms with van der Waals surface area (Å²) in [5, 5.41) is 9.51. The first-order valence-corrected chi connectivity index (χ1v) is 13.1. The van der Waals surface area contributed by atoms with Crippen LogP contribution in [0, 0.1) is 0 Å². The maximum Gasteiger partial charge on any atom is 0.263 e. The van der Waals surface area contributed by atoms with Crippen LogP contribution in [0.5, 0.6) is 0 Å². The lowest BCUT2D eigenvalue weighted by molar-refractivity contribution is 0.603. The SMILES string of the molecule is CCCn1cc(-c2cccc3cc(C(C)Nc4ncnc5scnc45)n(-c4ccccc4)c(=O)c23)cn1. The van der Waals surface area contributed by atoms with E-state index in [1.54, 1.807) is 10.1 Å². The second-order valence-corrected chi connectivity index (χ2v) is 9.73. The average molecular weight is 508 g/mol. The van der Waals surface area contributed by atoms with Crippen LogP contribution in [0.1, 0.15) is 32.0 Å². The van der Waals surface area contributed by atoms with Crippen molar-refractivity contribution < 1.29 is 0 Å². The molecule has 0 radical (unpaired) electrons. The Balaban J connectivity index is 1.54. The molecular formula is C28H25N7OS. The molecular weight excluding hydrogens is 482 g/mol. The fourth-order valence-electron chi connectivity index (χ4n) is 4.72. The monoisotopic (exact) mass is 507 g/mol. The van der Waals surface area contributed by atoms with Crippen molar-refractivity contribution in [2.75, 3.05) is 5.32 Å². The average Bonchev–Trinajstić information content (AvgIpc) is 3.59. The Morgan fingerprint density at radius 2 is 1.92 bits per heavy atom. The molecule has 9 heteroatoms. The molecule has 4 heterocycles. The highest BCUT2D eigenvalue weighted by Gasteiger charge is 2.20. The molecule has 0 amide bonds. The fourth-order valence-corrected chi connectivity index (χ4v) is 5.34. The van der Waals surface area contributed by atoms with Gasteiger partial charge in [-0.1, -0.05) is 43.3 Å². The van der Waals surface area contributed by atoms with Crippen molar-refractivity contribution >= 4 is 38.3 Å². The summed E-state index contributed by atoms with van der Waals surface area (Å²) >= 11 is 1.47. The van der Waals surface area contributed by atoms with E-state index in [1.165, 1.54) is 17.7 Å². The maximum absolute atomic E-state index is 14.3. The summed E-state index contributed by atoms with van der Waals surface area (Å²) in [6.45, 7) is 4.98. The molecule has 0 saturated carbocycles. The second-order valence-electron chi connectivity index (χ2n) is 8.90. The number of fused-ring (bicyclic) bond motifs is 2. The zero-order valence-electron chi connectivity index (χ0n) is 20.5. The van der Waals surface area contributed by atoms with Gasteiger partial charge >= 0.3 is 0 Å². The van der Waals surface area contributed by atoms with Crippen molar-refractivity contribution in [3.05, 3.63) is 94.9 Å². The van der Waals surface area contributed by atoms with Gasteiger partial charge in [0, 0.05) is 29.7 Å². The van der Waals surface area contributed by atoms with Crippen LogP contribution in [0.25, 0.3) is 37.9 Å². The number of benzene rings is 2. The van der Waals surface area contributed by atoms with Crippen molar-refractivity contribution in [3.63, 3.8) is 0 Å². The van der Waals surface area contributed by atoms with Gasteiger partial charge in [-0.25, -0.2) is 15.0 Å². The molecule has 0 aliphatic heterocycles. The van der Waals surface area contributed by atoms with Crippen LogP contribution in [-0.4, -0.2) is 29.3 Å². The third-order valence-corrected chi connectivity index (χ3v) is 7.15. The predicted octanol–water partition coefficient (Wildman–Crippen LogP) is 5.84. The van der Waals surface area contributed by atoms with Gasteiger partial charge in [-0.2, -0.15) is 5.10 Å². The first-order chi connectivity index (χ1) is 18.1. The minimum atomic E-state index is -0.243. The number of thiazole rings is 1. The summed E-state index contributed by atoms with van der Waals surface area (Å²) in [6, 6.07) is 17.6. The van der Waals surface area contributed by atoms with Crippen LogP contribution in [0.2, 0.25) is 0 Å². The van der Waals surface area contributed by atoms with Gasteiger partial charge in [0.15, 0.2) is 5.82 Å². The van der Waals surface area contributed by atoms with E-state index in [-0.39, 0.29) is 11.6 Å². The van der Waals surface area contributed by atoms with E-state index in [4.69, 9.17) is 0 Å². The van der Waals surface area contributed by atoms with Crippen molar-refractivity contribution in [1.82, 2.24) is 29.3 Å². The van der Waals surface area contributed by atoms with Crippen molar-refractivity contribution in [3.8, 4) is 16.8 Å². The van der Waals surface area contributed by atoms with E-state index < -0.39 is 0 Å². The van der Waals surface area contributed by atoms with Crippen molar-refractivity contribution in [1.29, 1.82) is 0 Å². The van der Waals surface area contributed by atoms with Gasteiger partial charge in [0.25, 0.3) is 5.56 Å². The molecule has 184 valence electrons. The molecule has 1 N–H and O–H groups in total. The predicted molar refractivity (Wildman–Crippen MR) is 148 cm³/mol. The highest BCUT2D eigenvalue weighted by atomic mass is 32.1. The Bertz CT molecular complexity index is 1770. The summed E-state index contributed by atoms with van der Waals surface area (Å²) in [5.74, 6) is 0.642. The van der Waals surface area contributed by atoms with Gasteiger partial charge in [-0.15, -0.1) is 11.3 Å². The highest BCUT2D eigenvalue weighted by molar-refractivity contribution is 7.16. The molecule has 0 aliphatic carbocycles. The maximum atomic E-state index is 14.3. The van der Waals surface area contributed by atoms with Crippen LogP contribution in [0.3, 0.4) is 0 Å². The van der Waals surface area contributed by atoms with Gasteiger partial charge in [-0.05, 0) is 42.5 Å². The fraction of sp³-hybridized carbons (Fsp3) is 0.179. The van der Waals surface area contributed by atoms with Crippen LogP contribution in [0.4, 0.5) is 5.82 Å². The first-order valence-electron chi connectivity index (χ1n) is 12.2. The minimum absolute atomic E-state index is 0.0762. The molecule has 37 heavy (non-hydrogen) atoms. The second kappa shape index (κ2) is 9.59. The summed E-state index contributed by atoms with van der Waals surface area (Å²) in [4.78, 5) is 28.2. The Morgan fingerprint density at radius 3 is 2.76 bits per heavy atom. The molecule has 4 aromatic heterocycles. The van der Waals surface area contributed by atoms with E-state index in [0.717, 1.165) is 51.2 Å². The van der Waals surface area contributed by atoms with Crippen LogP contribution in [-0.2, 0) is 6.54 Å². The van der Waals surface area contributed by atoms with Crippen molar-refractivity contribution in [2.45, 2.75) is 32.9 Å². The molecule has 1 atom stereocenters. The van der Waals surface area contributed by atoms with Crippen LogP contribution in [0.15, 0.2) is 83.6 Å². The molecule has 1 unspecified atom stereocenters. The number of hydrogen-bond acceptors (Lipinski definition) is 7. The third-order valence-electron chi connectivity index (χ3n) is 6.42. The minimum Gasteiger partial charge on any atom is -0.360 e. The lowest BCUT2D eigenvalue weighted by atomic mass is 9.99. The first kappa shape index (κ1) is 23.1. The molecule has 0 spiro atoms. The molecule has 6 rings (SSSR count). The van der Waals surface area contributed by atoms with E-state index in [9.17, 15) is 4.79 Å². The summed E-state index contributed by atoms with van der Waals surface area (Å²) in [5.41, 5.74) is 5.84. The lowest BCUT2D eigenvalue weighted by Gasteiger charge is -2.22. The van der Waals surface area contributed by atoms with Gasteiger partial charge in [-0.3, -0.25) is 14.0 Å². The number of aromatic nitrogens is 6. The number of anilines is 1. The smallest absolute Gasteiger partial charge is 0.263 e. The zero-order chi connectivity index (χ0) is 25.4. The topological polar surface area (TPSA) is 90.5 Å². The zero-order valence-corrected chi connectivity index (χ0v) is 21.3. The summed E-state index contributed by atoms with van der Waals surface area (Å²) in [6.07, 6.45) is 6.37. The molecule has 0 fully saturated rings. The Hall–Kier alpha value is -4.37. The number of hydrogen-bond donors (Lipinski definition) is 1. The normalized spacial score (nSPS) is 12.3. The lowest BCUT2D eigenvalue weighted by Crippen LogP contribution is -2.26. The van der Waals surface area contributed by atoms with E-state index in [0.29, 0.717) is 11.2 Å². The Kier molecular flexibility index (Phi) is 5.97. The van der Waals surface area contributed by atoms with Crippen molar-refractivity contribution in [2.24, 2.45) is 0 Å². The summed E-state index contributed by atoms with van der Waals surface area (Å²) < 4.78 is 3.71. The number of pyridine rings is 1. The number of para-hydroxylation sites is 1. The Morgan fingerprint density at radius 1 is 1.05 bits per heavy atom. The summed E-state index contributed by atoms with van der Waals surface area (Å²) in [7, 11) is 0. The van der Waals surface area contributed by atoms with Crippen LogP contribution >= 0.6 is 11.3 Å². The van der Waals surface area contributed by atoms with E-state index in [2.05, 4.69) is 38.4 Å². The molecule has 6 aromatic rings. The molecule has 0 bridgehead atoms. The third kappa shape index (κ3) is 4.17. The number of nitrogens with zero attached hydrogens (tertiary/aromatic N) is 6. The molecule has 0 aliphatic rings. The van der Waals surface area contributed by atoms with Gasteiger partial charge in [0.1, 0.15) is 16.7 Å². The molecule has 8 nitrogen and oxygen atoms in total. The van der Waals surface area contributed by atoms with E-state index in [1.807, 2.05) is 72.5 Å². The quantitative estimate of drug-likeness (QED) is 0.292. The van der Waals surface area contributed by atoms with E-state index >= 15 is 0 Å². The standard InChI is InChI=1S/C28H25N7OS/c1-3-12-34-15-20(14-32-34)22-11-7-8-19-13-23(35(28(36)24(19)22)21-9-5-4-6-10-21)18(2)33-26-25-27(30-16-29-26)37-17-31-25/h4-11,13-18H,3,12H2,1-2H3,(H,29,30,33). The Labute approximate surface area is 217 Å². The van der Waals surface area contributed by atoms with Gasteiger partial charge in [0.2, 0.25) is 0 Å². The highest BCUT2D eigenvalue weighted by Crippen LogP contribution is 2.31. The molecule has 0 saturated heterocycles. The van der Waals surface area contributed by atoms with Gasteiger partial charge < -0.3 is 5.32 Å². The number of rotatable bonds is 7. The molecule has 2 aromatic carbocycles. The van der Waals surface area contributed by atoms with Gasteiger partial charge in [0.05, 0.1) is 23.1 Å².